The number of aromatic carboxylic acids is 1. The summed E-state index contributed by atoms with van der Waals surface area (Å²) in [4.78, 5) is 15.6. The molecule has 0 spiro atoms. The number of anilines is 1. The van der Waals surface area contributed by atoms with Crippen LogP contribution in [0.5, 0.6) is 0 Å². The molecule has 7 heteroatoms. The van der Waals surface area contributed by atoms with E-state index in [4.69, 9.17) is 5.73 Å². The van der Waals surface area contributed by atoms with Crippen molar-refractivity contribution >= 4 is 22.7 Å². The van der Waals surface area contributed by atoms with Crippen molar-refractivity contribution in [3.05, 3.63) is 59.9 Å². The molecule has 1 aromatic heterocycles. The van der Waals surface area contributed by atoms with Crippen molar-refractivity contribution in [3.63, 3.8) is 0 Å². The molecule has 0 radical (unpaired) electrons. The number of aryl methyl sites for hydroxylation is 1. The van der Waals surface area contributed by atoms with Crippen LogP contribution in [0.1, 0.15) is 42.3 Å². The molecule has 2 aromatic carbocycles. The molecule has 0 aliphatic rings. The minimum atomic E-state index is -0.978. The predicted octanol–water partition coefficient (Wildman–Crippen LogP) is 2.81. The van der Waals surface area contributed by atoms with Crippen molar-refractivity contribution in [3.8, 4) is 0 Å². The number of nitrogens with zero attached hydrogens (tertiary/aromatic N) is 2. The van der Waals surface area contributed by atoms with E-state index in [1.54, 1.807) is 30.6 Å². The standard InChI is InChI=1S/C21H26N4O3/c1-21(2,24-12-18(26)14-5-3-6-15(22)11-14)9-10-25-13-23-19-16(20(27)28)7-4-8-17(19)25/h3-8,11,13,18,24,26H,9-10,12,22H2,1-2H3,(H,27,28). The highest BCUT2D eigenvalue weighted by atomic mass is 16.4. The summed E-state index contributed by atoms with van der Waals surface area (Å²) in [5.74, 6) is -0.978. The van der Waals surface area contributed by atoms with E-state index >= 15 is 0 Å². The Morgan fingerprint density at radius 1 is 1.29 bits per heavy atom. The Kier molecular flexibility index (Phi) is 5.67. The van der Waals surface area contributed by atoms with E-state index in [1.165, 1.54) is 0 Å². The summed E-state index contributed by atoms with van der Waals surface area (Å²) in [5, 5.41) is 23.1. The maximum absolute atomic E-state index is 11.3. The van der Waals surface area contributed by atoms with Gasteiger partial charge < -0.3 is 25.8 Å². The molecule has 0 bridgehead atoms. The lowest BCUT2D eigenvalue weighted by atomic mass is 9.99. The fourth-order valence-corrected chi connectivity index (χ4v) is 3.18. The second-order valence-corrected chi connectivity index (χ2v) is 7.62. The summed E-state index contributed by atoms with van der Waals surface area (Å²) < 4.78 is 1.96. The highest BCUT2D eigenvalue weighted by molar-refractivity contribution is 6.00. The fraction of sp³-hybridized carbons (Fsp3) is 0.333. The van der Waals surface area contributed by atoms with Gasteiger partial charge in [-0.3, -0.25) is 0 Å². The molecule has 148 valence electrons. The maximum atomic E-state index is 11.3. The summed E-state index contributed by atoms with van der Waals surface area (Å²) in [7, 11) is 0. The zero-order valence-electron chi connectivity index (χ0n) is 16.1. The van der Waals surface area contributed by atoms with E-state index < -0.39 is 12.1 Å². The Morgan fingerprint density at radius 2 is 2.04 bits per heavy atom. The van der Waals surface area contributed by atoms with Gasteiger partial charge in [-0.05, 0) is 50.1 Å². The first-order valence-corrected chi connectivity index (χ1v) is 9.22. The predicted molar refractivity (Wildman–Crippen MR) is 109 cm³/mol. The average Bonchev–Trinajstić information content (AvgIpc) is 3.07. The summed E-state index contributed by atoms with van der Waals surface area (Å²) in [6.45, 7) is 5.22. The van der Waals surface area contributed by atoms with Gasteiger partial charge in [-0.1, -0.05) is 18.2 Å². The number of nitrogens with one attached hydrogen (secondary N) is 1. The van der Waals surface area contributed by atoms with Gasteiger partial charge in [0.15, 0.2) is 0 Å². The number of hydrogen-bond acceptors (Lipinski definition) is 5. The van der Waals surface area contributed by atoms with Crippen molar-refractivity contribution in [2.45, 2.75) is 38.5 Å². The van der Waals surface area contributed by atoms with Gasteiger partial charge in [0, 0.05) is 24.3 Å². The molecule has 3 rings (SSSR count). The van der Waals surface area contributed by atoms with Crippen molar-refractivity contribution in [1.82, 2.24) is 14.9 Å². The van der Waals surface area contributed by atoms with Gasteiger partial charge in [-0.2, -0.15) is 0 Å². The first-order valence-electron chi connectivity index (χ1n) is 9.22. The minimum Gasteiger partial charge on any atom is -0.478 e. The number of imidazole rings is 1. The molecular weight excluding hydrogens is 356 g/mol. The summed E-state index contributed by atoms with van der Waals surface area (Å²) in [5.41, 5.74) is 8.46. The third kappa shape index (κ3) is 4.49. The zero-order chi connectivity index (χ0) is 20.3. The van der Waals surface area contributed by atoms with Crippen LogP contribution in [0.15, 0.2) is 48.8 Å². The van der Waals surface area contributed by atoms with Crippen LogP contribution in [-0.2, 0) is 6.54 Å². The van der Waals surface area contributed by atoms with Crippen molar-refractivity contribution in [2.24, 2.45) is 0 Å². The number of para-hydroxylation sites is 1. The first kappa shape index (κ1) is 19.9. The number of fused-ring (bicyclic) bond motifs is 1. The largest absolute Gasteiger partial charge is 0.478 e. The summed E-state index contributed by atoms with van der Waals surface area (Å²) in [6.07, 6.45) is 1.81. The second kappa shape index (κ2) is 8.00. The van der Waals surface area contributed by atoms with Crippen LogP contribution in [0.3, 0.4) is 0 Å². The molecule has 3 aromatic rings. The molecule has 0 saturated carbocycles. The molecule has 28 heavy (non-hydrogen) atoms. The van der Waals surface area contributed by atoms with Crippen LogP contribution in [0.2, 0.25) is 0 Å². The smallest absolute Gasteiger partial charge is 0.337 e. The molecule has 0 saturated heterocycles. The van der Waals surface area contributed by atoms with Crippen LogP contribution < -0.4 is 11.1 Å². The SMILES string of the molecule is CC(C)(CCn1cnc2c(C(=O)O)cccc21)NCC(O)c1cccc(N)c1. The van der Waals surface area contributed by atoms with Gasteiger partial charge in [-0.15, -0.1) is 0 Å². The lowest BCUT2D eigenvalue weighted by Gasteiger charge is -2.28. The number of rotatable bonds is 8. The van der Waals surface area contributed by atoms with E-state index in [-0.39, 0.29) is 11.1 Å². The fourth-order valence-electron chi connectivity index (χ4n) is 3.18. The normalized spacial score (nSPS) is 13.0. The van der Waals surface area contributed by atoms with E-state index in [9.17, 15) is 15.0 Å². The summed E-state index contributed by atoms with van der Waals surface area (Å²) in [6, 6.07) is 12.4. The number of benzene rings is 2. The molecule has 1 heterocycles. The number of nitrogen functional groups attached to an aromatic ring is 1. The van der Waals surface area contributed by atoms with Gasteiger partial charge in [0.05, 0.1) is 23.5 Å². The lowest BCUT2D eigenvalue weighted by molar-refractivity contribution is 0.0699. The van der Waals surface area contributed by atoms with Crippen LogP contribution in [-0.4, -0.2) is 37.8 Å². The number of β-amino-alcohol motifs (C(OH)–C–C–N with tert-alkyl or cyclic N) is 1. The Hall–Kier alpha value is -2.90. The molecule has 1 unspecified atom stereocenters. The van der Waals surface area contributed by atoms with Gasteiger partial charge in [0.1, 0.15) is 5.52 Å². The Labute approximate surface area is 163 Å². The molecule has 7 nitrogen and oxygen atoms in total. The quantitative estimate of drug-likeness (QED) is 0.446. The third-order valence-corrected chi connectivity index (χ3v) is 4.93. The first-order chi connectivity index (χ1) is 13.3. The number of aliphatic hydroxyl groups is 1. The number of aromatic nitrogens is 2. The molecule has 5 N–H and O–H groups in total. The van der Waals surface area contributed by atoms with Crippen LogP contribution in [0.4, 0.5) is 5.69 Å². The lowest BCUT2D eigenvalue weighted by Crippen LogP contribution is -2.42. The van der Waals surface area contributed by atoms with E-state index in [2.05, 4.69) is 24.1 Å². The molecule has 0 amide bonds. The Morgan fingerprint density at radius 3 is 2.75 bits per heavy atom. The van der Waals surface area contributed by atoms with E-state index in [0.717, 1.165) is 17.5 Å². The molecule has 1 atom stereocenters. The molecular formula is C21H26N4O3. The average molecular weight is 382 g/mol. The zero-order valence-corrected chi connectivity index (χ0v) is 16.1. The Balaban J connectivity index is 1.63. The third-order valence-electron chi connectivity index (χ3n) is 4.93. The monoisotopic (exact) mass is 382 g/mol. The second-order valence-electron chi connectivity index (χ2n) is 7.62. The minimum absolute atomic E-state index is 0.207. The van der Waals surface area contributed by atoms with Crippen molar-refractivity contribution in [1.29, 1.82) is 0 Å². The number of aliphatic hydroxyl groups excluding tert-OH is 1. The van der Waals surface area contributed by atoms with Crippen LogP contribution in [0, 0.1) is 0 Å². The van der Waals surface area contributed by atoms with Crippen molar-refractivity contribution in [2.75, 3.05) is 12.3 Å². The maximum Gasteiger partial charge on any atom is 0.337 e. The van der Waals surface area contributed by atoms with E-state index in [1.807, 2.05) is 22.8 Å². The number of hydrogen-bond donors (Lipinski definition) is 4. The van der Waals surface area contributed by atoms with Gasteiger partial charge >= 0.3 is 5.97 Å². The van der Waals surface area contributed by atoms with Gasteiger partial charge in [0.2, 0.25) is 0 Å². The highest BCUT2D eigenvalue weighted by Crippen LogP contribution is 2.21. The highest BCUT2D eigenvalue weighted by Gasteiger charge is 2.20. The van der Waals surface area contributed by atoms with Gasteiger partial charge in [0.25, 0.3) is 0 Å². The van der Waals surface area contributed by atoms with E-state index in [0.29, 0.717) is 24.3 Å². The van der Waals surface area contributed by atoms with Crippen LogP contribution in [0.25, 0.3) is 11.0 Å². The van der Waals surface area contributed by atoms with Crippen molar-refractivity contribution < 1.29 is 15.0 Å². The van der Waals surface area contributed by atoms with Crippen LogP contribution >= 0.6 is 0 Å². The molecule has 0 aliphatic heterocycles. The molecule has 0 aliphatic carbocycles. The number of nitrogens with two attached hydrogens (primary N) is 1. The molecule has 0 fully saturated rings. The number of carbonyl (C=O) groups is 1. The Bertz CT molecular complexity index is 981. The summed E-state index contributed by atoms with van der Waals surface area (Å²) >= 11 is 0. The topological polar surface area (TPSA) is 113 Å². The number of carboxylic acids is 1. The number of carboxylic acid groups (broad SMARTS) is 1. The van der Waals surface area contributed by atoms with Gasteiger partial charge in [-0.25, -0.2) is 9.78 Å².